The molecule has 0 radical (unpaired) electrons. The largest absolute Gasteiger partial charge is 0.465 e. The zero-order valence-corrected chi connectivity index (χ0v) is 17.1. The van der Waals surface area contributed by atoms with Crippen molar-refractivity contribution in [1.82, 2.24) is 9.80 Å². The number of carbonyl (C=O) groups is 3. The first-order valence-electron chi connectivity index (χ1n) is 10.5. The van der Waals surface area contributed by atoms with Crippen molar-refractivity contribution in [2.75, 3.05) is 33.3 Å². The average molecular weight is 399 g/mol. The maximum absolute atomic E-state index is 12.8. The maximum atomic E-state index is 12.8. The maximum Gasteiger partial charge on any atom is 0.337 e. The molecule has 2 saturated heterocycles. The van der Waals surface area contributed by atoms with Gasteiger partial charge >= 0.3 is 5.97 Å². The number of nitrogens with zero attached hydrogens (tertiary/aromatic N) is 2. The number of amides is 2. The highest BCUT2D eigenvalue weighted by Gasteiger charge is 2.29. The Morgan fingerprint density at radius 3 is 2.10 bits per heavy atom. The predicted molar refractivity (Wildman–Crippen MR) is 111 cm³/mol. The molecule has 0 unspecified atom stereocenters. The number of carbonyl (C=O) groups excluding carboxylic acids is 3. The van der Waals surface area contributed by atoms with Crippen LogP contribution in [0.5, 0.6) is 0 Å². The molecule has 6 heteroatoms. The van der Waals surface area contributed by atoms with Crippen LogP contribution in [0.3, 0.4) is 0 Å². The van der Waals surface area contributed by atoms with Crippen molar-refractivity contribution in [2.45, 2.75) is 38.5 Å². The number of piperidine rings is 1. The lowest BCUT2D eigenvalue weighted by Crippen LogP contribution is -2.44. The summed E-state index contributed by atoms with van der Waals surface area (Å²) in [4.78, 5) is 40.6. The number of rotatable bonds is 4. The Labute approximate surface area is 172 Å². The summed E-state index contributed by atoms with van der Waals surface area (Å²) in [5.74, 6) is -0.0934. The van der Waals surface area contributed by atoms with Gasteiger partial charge in [-0.15, -0.1) is 0 Å². The van der Waals surface area contributed by atoms with Gasteiger partial charge in [-0.3, -0.25) is 9.59 Å². The Hall–Kier alpha value is -2.63. The van der Waals surface area contributed by atoms with Crippen LogP contribution in [0.15, 0.2) is 30.3 Å². The molecule has 2 heterocycles. The average Bonchev–Trinajstić information content (AvgIpc) is 3.06. The Bertz CT molecular complexity index is 741. The molecule has 3 rings (SSSR count). The van der Waals surface area contributed by atoms with Gasteiger partial charge < -0.3 is 14.5 Å². The van der Waals surface area contributed by atoms with E-state index in [9.17, 15) is 14.4 Å². The molecular formula is C23H30N2O4. The van der Waals surface area contributed by atoms with Gasteiger partial charge in [0.1, 0.15) is 0 Å². The van der Waals surface area contributed by atoms with E-state index in [1.807, 2.05) is 9.80 Å². The van der Waals surface area contributed by atoms with E-state index < -0.39 is 0 Å². The molecule has 2 aliphatic heterocycles. The fraction of sp³-hybridized carbons (Fsp3) is 0.522. The second kappa shape index (κ2) is 10.2. The number of likely N-dealkylation sites (tertiary alicyclic amines) is 2. The lowest BCUT2D eigenvalue weighted by molar-refractivity contribution is -0.139. The van der Waals surface area contributed by atoms with Gasteiger partial charge in [-0.05, 0) is 49.5 Å². The van der Waals surface area contributed by atoms with Gasteiger partial charge in [0.15, 0.2) is 0 Å². The minimum Gasteiger partial charge on any atom is -0.465 e. The zero-order chi connectivity index (χ0) is 20.6. The van der Waals surface area contributed by atoms with Crippen molar-refractivity contribution in [2.24, 2.45) is 5.92 Å². The molecular weight excluding hydrogens is 368 g/mol. The molecule has 29 heavy (non-hydrogen) atoms. The molecule has 6 nitrogen and oxygen atoms in total. The zero-order valence-electron chi connectivity index (χ0n) is 17.1. The molecule has 0 spiro atoms. The van der Waals surface area contributed by atoms with E-state index in [0.29, 0.717) is 18.7 Å². The van der Waals surface area contributed by atoms with Gasteiger partial charge in [0.25, 0.3) is 0 Å². The van der Waals surface area contributed by atoms with Crippen molar-refractivity contribution in [1.29, 1.82) is 0 Å². The first-order valence-corrected chi connectivity index (χ1v) is 10.5. The predicted octanol–water partition coefficient (Wildman–Crippen LogP) is 3.13. The van der Waals surface area contributed by atoms with Crippen molar-refractivity contribution < 1.29 is 19.1 Å². The van der Waals surface area contributed by atoms with Crippen LogP contribution in [0.4, 0.5) is 0 Å². The van der Waals surface area contributed by atoms with Gasteiger partial charge in [0.05, 0.1) is 12.7 Å². The van der Waals surface area contributed by atoms with Crippen LogP contribution in [0.2, 0.25) is 0 Å². The molecule has 1 aromatic carbocycles. The highest BCUT2D eigenvalue weighted by Crippen LogP contribution is 2.22. The second-order valence-corrected chi connectivity index (χ2v) is 7.79. The Balaban J connectivity index is 1.48. The lowest BCUT2D eigenvalue weighted by atomic mass is 9.95. The van der Waals surface area contributed by atoms with Crippen LogP contribution >= 0.6 is 0 Å². The quantitative estimate of drug-likeness (QED) is 0.577. The molecule has 156 valence electrons. The fourth-order valence-electron chi connectivity index (χ4n) is 4.02. The van der Waals surface area contributed by atoms with E-state index in [4.69, 9.17) is 0 Å². The summed E-state index contributed by atoms with van der Waals surface area (Å²) in [6, 6.07) is 6.91. The van der Waals surface area contributed by atoms with Crippen molar-refractivity contribution in [3.63, 3.8) is 0 Å². The van der Waals surface area contributed by atoms with Crippen molar-refractivity contribution in [3.8, 4) is 0 Å². The third-order valence-electron chi connectivity index (χ3n) is 5.82. The van der Waals surface area contributed by atoms with Crippen molar-refractivity contribution in [3.05, 3.63) is 41.5 Å². The van der Waals surface area contributed by atoms with Gasteiger partial charge in [-0.25, -0.2) is 4.79 Å². The van der Waals surface area contributed by atoms with Gasteiger partial charge in [-0.1, -0.05) is 25.0 Å². The van der Waals surface area contributed by atoms with Crippen LogP contribution < -0.4 is 0 Å². The molecule has 0 bridgehead atoms. The summed E-state index contributed by atoms with van der Waals surface area (Å²) in [5.41, 5.74) is 1.32. The Kier molecular flexibility index (Phi) is 7.44. The van der Waals surface area contributed by atoms with Gasteiger partial charge in [0.2, 0.25) is 11.8 Å². The number of hydrogen-bond acceptors (Lipinski definition) is 4. The van der Waals surface area contributed by atoms with Crippen molar-refractivity contribution >= 4 is 23.9 Å². The summed E-state index contributed by atoms with van der Waals surface area (Å²) in [5, 5.41) is 0. The molecule has 0 N–H and O–H groups in total. The summed E-state index contributed by atoms with van der Waals surface area (Å²) in [6.45, 7) is 3.01. The number of methoxy groups -OCH3 is 1. The van der Waals surface area contributed by atoms with Crippen LogP contribution in [-0.2, 0) is 14.3 Å². The summed E-state index contributed by atoms with van der Waals surface area (Å²) < 4.78 is 4.68. The summed E-state index contributed by atoms with van der Waals surface area (Å²) in [6.07, 6.45) is 9.43. The topological polar surface area (TPSA) is 66.9 Å². The van der Waals surface area contributed by atoms with Crippen LogP contribution in [0, 0.1) is 5.92 Å². The summed E-state index contributed by atoms with van der Waals surface area (Å²) in [7, 11) is 1.35. The van der Waals surface area contributed by atoms with Gasteiger partial charge in [0, 0.05) is 38.2 Å². The first kappa shape index (κ1) is 21.1. The molecule has 2 fully saturated rings. The number of esters is 1. The van der Waals surface area contributed by atoms with Crippen LogP contribution in [0.1, 0.15) is 54.4 Å². The first-order chi connectivity index (χ1) is 14.1. The standard InChI is InChI=1S/C23H30N2O4/c1-29-23(28)20-9-6-18(7-10-20)8-11-21(26)24-16-12-19(13-17-24)22(27)25-14-4-2-3-5-15-25/h6-11,19H,2-5,12-17H2,1H3/b11-8+. The normalized spacial score (nSPS) is 18.5. The number of benzene rings is 1. The Morgan fingerprint density at radius 2 is 1.52 bits per heavy atom. The van der Waals surface area contributed by atoms with E-state index in [-0.39, 0.29) is 23.7 Å². The van der Waals surface area contributed by atoms with E-state index in [2.05, 4.69) is 4.74 Å². The minimum absolute atomic E-state index is 0.0392. The highest BCUT2D eigenvalue weighted by molar-refractivity contribution is 5.93. The van der Waals surface area contributed by atoms with E-state index in [0.717, 1.165) is 44.3 Å². The highest BCUT2D eigenvalue weighted by atomic mass is 16.5. The third-order valence-corrected chi connectivity index (χ3v) is 5.82. The van der Waals surface area contributed by atoms with Crippen LogP contribution in [0.25, 0.3) is 6.08 Å². The molecule has 0 saturated carbocycles. The molecule has 1 aromatic rings. The lowest BCUT2D eigenvalue weighted by Gasteiger charge is -2.33. The number of ether oxygens (including phenoxy) is 1. The van der Waals surface area contributed by atoms with E-state index in [1.54, 1.807) is 36.4 Å². The Morgan fingerprint density at radius 1 is 0.897 bits per heavy atom. The fourth-order valence-corrected chi connectivity index (χ4v) is 4.02. The minimum atomic E-state index is -0.380. The third kappa shape index (κ3) is 5.68. The van der Waals surface area contributed by atoms with Gasteiger partial charge in [-0.2, -0.15) is 0 Å². The molecule has 0 atom stereocenters. The van der Waals surface area contributed by atoms with E-state index in [1.165, 1.54) is 20.0 Å². The van der Waals surface area contributed by atoms with Crippen LogP contribution in [-0.4, -0.2) is 60.9 Å². The molecule has 0 aliphatic carbocycles. The molecule has 0 aromatic heterocycles. The second-order valence-electron chi connectivity index (χ2n) is 7.79. The SMILES string of the molecule is COC(=O)c1ccc(/C=C/C(=O)N2CCC(C(=O)N3CCCCCC3)CC2)cc1. The monoisotopic (exact) mass is 398 g/mol. The van der Waals surface area contributed by atoms with E-state index >= 15 is 0 Å². The summed E-state index contributed by atoms with van der Waals surface area (Å²) >= 11 is 0. The molecule has 2 amide bonds. The molecule has 2 aliphatic rings. The number of hydrogen-bond donors (Lipinski definition) is 0. The smallest absolute Gasteiger partial charge is 0.337 e.